The van der Waals surface area contributed by atoms with Crippen LogP contribution < -0.4 is 0 Å². The van der Waals surface area contributed by atoms with Crippen molar-refractivity contribution in [2.24, 2.45) is 5.92 Å². The second-order valence-electron chi connectivity index (χ2n) is 3.62. The van der Waals surface area contributed by atoms with Gasteiger partial charge in [0.05, 0.1) is 7.18 Å². The summed E-state index contributed by atoms with van der Waals surface area (Å²) in [5.74, 6) is -0.110. The summed E-state index contributed by atoms with van der Waals surface area (Å²) in [4.78, 5) is 23.0. The van der Waals surface area contributed by atoms with Gasteiger partial charge >= 0.3 is 0 Å². The zero-order valence-electron chi connectivity index (χ0n) is 10.1. The number of hydrogen-bond acceptors (Lipinski definition) is 2. The smallest absolute Gasteiger partial charge is 0.166 e. The van der Waals surface area contributed by atoms with E-state index in [1.165, 1.54) is 6.92 Å². The van der Waals surface area contributed by atoms with Gasteiger partial charge in [-0.15, -0.1) is 0 Å². The van der Waals surface area contributed by atoms with Crippen molar-refractivity contribution in [3.63, 3.8) is 0 Å². The molecule has 16 heavy (non-hydrogen) atoms. The summed E-state index contributed by atoms with van der Waals surface area (Å²) < 4.78 is 9.50. The van der Waals surface area contributed by atoms with E-state index in [0.717, 1.165) is 0 Å². The maximum Gasteiger partial charge on any atom is 0.166 e. The fourth-order valence-electron chi connectivity index (χ4n) is 1.32. The summed E-state index contributed by atoms with van der Waals surface area (Å²) in [5, 5.41) is 0. The van der Waals surface area contributed by atoms with Crippen LogP contribution >= 0.6 is 0 Å². The van der Waals surface area contributed by atoms with Gasteiger partial charge < -0.3 is 0 Å². The first-order valence-corrected chi connectivity index (χ1v) is 5.06. The minimum Gasteiger partial charge on any atom is -0.294 e. The second kappa shape index (κ2) is 6.88. The lowest BCUT2D eigenvalue weighted by Crippen LogP contribution is -2.12. The van der Waals surface area contributed by atoms with Crippen LogP contribution in [-0.2, 0) is 0 Å². The van der Waals surface area contributed by atoms with Gasteiger partial charge in [0.15, 0.2) is 11.6 Å². The Bertz CT molecular complexity index is 370. The van der Waals surface area contributed by atoms with Gasteiger partial charge in [-0.25, -0.2) is 0 Å². The minimum absolute atomic E-state index is 0.0239. The molecule has 0 bridgehead atoms. The number of carbonyl (C=O) groups is 2. The third-order valence-corrected chi connectivity index (χ3v) is 2.10. The van der Waals surface area contributed by atoms with Crippen molar-refractivity contribution >= 4 is 11.6 Å². The number of ketones is 2. The molecule has 88 valence electrons. The highest BCUT2D eigenvalue weighted by molar-refractivity contribution is 6.08. The van der Waals surface area contributed by atoms with Crippen LogP contribution in [0.15, 0.2) is 24.3 Å². The van der Waals surface area contributed by atoms with Gasteiger partial charge in [-0.05, 0) is 6.92 Å². The highest BCUT2D eigenvalue weighted by Crippen LogP contribution is 2.14. The fraction of sp³-hybridized carbons (Fsp3) is 0.385. The molecule has 1 aromatic rings. The quantitative estimate of drug-likeness (QED) is 0.738. The van der Waals surface area contributed by atoms with E-state index in [2.05, 4.69) is 0 Å². The normalized spacial score (nSPS) is 9.38. The molecule has 0 N–H and O–H groups in total. The van der Waals surface area contributed by atoms with Crippen LogP contribution in [0.4, 0.5) is 4.39 Å². The molecule has 0 saturated carbocycles. The van der Waals surface area contributed by atoms with Gasteiger partial charge in [0.1, 0.15) is 0 Å². The Morgan fingerprint density at radius 1 is 1.06 bits per heavy atom. The predicted molar refractivity (Wildman–Crippen MR) is 62.6 cm³/mol. The highest BCUT2D eigenvalue weighted by atomic mass is 19.1. The van der Waals surface area contributed by atoms with E-state index in [-0.39, 0.29) is 17.5 Å². The highest BCUT2D eigenvalue weighted by Gasteiger charge is 2.15. The standard InChI is InChI=1S/C12H14O2.CH3F/c1-8(2)12(14)11-7-5-4-6-10(11)9(3)13;1-2/h4-8H,1-3H3;1H3. The molecule has 1 aromatic carbocycles. The van der Waals surface area contributed by atoms with Crippen molar-refractivity contribution < 1.29 is 14.0 Å². The van der Waals surface area contributed by atoms with Gasteiger partial charge in [-0.3, -0.25) is 14.0 Å². The molecule has 0 fully saturated rings. The average molecular weight is 224 g/mol. The molecule has 0 heterocycles. The molecule has 0 spiro atoms. The van der Waals surface area contributed by atoms with Gasteiger partial charge in [-0.2, -0.15) is 0 Å². The first kappa shape index (κ1) is 14.5. The van der Waals surface area contributed by atoms with Gasteiger partial charge in [-0.1, -0.05) is 38.1 Å². The number of Topliss-reactive ketones (excluding diaryl/α,β-unsaturated/α-hetero) is 2. The number of alkyl halides is 1. The molecule has 2 nitrogen and oxygen atoms in total. The first-order valence-electron chi connectivity index (χ1n) is 5.06. The molecule has 0 aromatic heterocycles. The molecule has 0 unspecified atom stereocenters. The summed E-state index contributed by atoms with van der Waals surface area (Å²) in [7, 11) is 0.500. The number of hydrogen-bond donors (Lipinski definition) is 0. The van der Waals surface area contributed by atoms with Crippen LogP contribution in [0, 0.1) is 5.92 Å². The van der Waals surface area contributed by atoms with Gasteiger partial charge in [0, 0.05) is 17.0 Å². The number of carbonyl (C=O) groups excluding carboxylic acids is 2. The molecule has 1 rings (SSSR count). The van der Waals surface area contributed by atoms with Crippen LogP contribution in [0.5, 0.6) is 0 Å². The molecule has 0 aliphatic heterocycles. The Balaban J connectivity index is 0.00000106. The summed E-state index contributed by atoms with van der Waals surface area (Å²) in [5.41, 5.74) is 1.06. The zero-order chi connectivity index (χ0) is 12.7. The third-order valence-electron chi connectivity index (χ3n) is 2.10. The number of rotatable bonds is 3. The topological polar surface area (TPSA) is 34.1 Å². The maximum absolute atomic E-state index is 11.7. The SMILES string of the molecule is CC(=O)c1ccccc1C(=O)C(C)C.CF. The molecule has 0 aliphatic rings. The zero-order valence-corrected chi connectivity index (χ0v) is 10.1. The van der Waals surface area contributed by atoms with Gasteiger partial charge in [0.2, 0.25) is 0 Å². The Labute approximate surface area is 95.5 Å². The third kappa shape index (κ3) is 3.57. The van der Waals surface area contributed by atoms with Gasteiger partial charge in [0.25, 0.3) is 0 Å². The van der Waals surface area contributed by atoms with E-state index in [1.54, 1.807) is 24.3 Å². The lowest BCUT2D eigenvalue weighted by atomic mass is 9.95. The average Bonchev–Trinajstić information content (AvgIpc) is 2.30. The van der Waals surface area contributed by atoms with Crippen LogP contribution in [0.1, 0.15) is 41.5 Å². The van der Waals surface area contributed by atoms with Crippen molar-refractivity contribution in [2.75, 3.05) is 7.18 Å². The minimum atomic E-state index is -0.0736. The molecule has 0 aliphatic carbocycles. The summed E-state index contributed by atoms with van der Waals surface area (Å²) in [6, 6.07) is 6.95. The van der Waals surface area contributed by atoms with Crippen LogP contribution in [0.2, 0.25) is 0 Å². The van der Waals surface area contributed by atoms with Crippen LogP contribution in [0.25, 0.3) is 0 Å². The number of halogens is 1. The Hall–Kier alpha value is -1.51. The second-order valence-corrected chi connectivity index (χ2v) is 3.62. The van der Waals surface area contributed by atoms with E-state index in [0.29, 0.717) is 18.3 Å². The lowest BCUT2D eigenvalue weighted by Gasteiger charge is -2.07. The van der Waals surface area contributed by atoms with E-state index < -0.39 is 0 Å². The van der Waals surface area contributed by atoms with E-state index in [9.17, 15) is 14.0 Å². The Kier molecular flexibility index (Phi) is 6.23. The molecular weight excluding hydrogens is 207 g/mol. The van der Waals surface area contributed by atoms with Crippen LogP contribution in [0.3, 0.4) is 0 Å². The van der Waals surface area contributed by atoms with Crippen molar-refractivity contribution in [2.45, 2.75) is 20.8 Å². The first-order chi connectivity index (χ1) is 7.54. The number of benzene rings is 1. The maximum atomic E-state index is 11.7. The van der Waals surface area contributed by atoms with Crippen molar-refractivity contribution in [3.05, 3.63) is 35.4 Å². The van der Waals surface area contributed by atoms with Crippen LogP contribution in [-0.4, -0.2) is 18.7 Å². The van der Waals surface area contributed by atoms with Crippen molar-refractivity contribution in [1.82, 2.24) is 0 Å². The lowest BCUT2D eigenvalue weighted by molar-refractivity contribution is 0.0927. The molecule has 0 amide bonds. The Morgan fingerprint density at radius 2 is 1.50 bits per heavy atom. The Morgan fingerprint density at radius 3 is 1.88 bits per heavy atom. The van der Waals surface area contributed by atoms with Crippen molar-refractivity contribution in [3.8, 4) is 0 Å². The van der Waals surface area contributed by atoms with E-state index in [1.807, 2.05) is 13.8 Å². The van der Waals surface area contributed by atoms with E-state index >= 15 is 0 Å². The summed E-state index contributed by atoms with van der Waals surface area (Å²) in [6.07, 6.45) is 0. The molecule has 0 radical (unpaired) electrons. The summed E-state index contributed by atoms with van der Waals surface area (Å²) in [6.45, 7) is 5.14. The fourth-order valence-corrected chi connectivity index (χ4v) is 1.32. The van der Waals surface area contributed by atoms with Crippen molar-refractivity contribution in [1.29, 1.82) is 0 Å². The molecule has 3 heteroatoms. The predicted octanol–water partition coefficient (Wildman–Crippen LogP) is 3.31. The van der Waals surface area contributed by atoms with E-state index in [4.69, 9.17) is 0 Å². The molecular formula is C13H17FO2. The summed E-state index contributed by atoms with van der Waals surface area (Å²) >= 11 is 0. The molecule has 0 atom stereocenters. The monoisotopic (exact) mass is 224 g/mol. The molecule has 0 saturated heterocycles. The largest absolute Gasteiger partial charge is 0.294 e.